The van der Waals surface area contributed by atoms with E-state index in [0.717, 1.165) is 18.7 Å². The lowest BCUT2D eigenvalue weighted by Crippen LogP contribution is -2.22. The van der Waals surface area contributed by atoms with Crippen LogP contribution >= 0.6 is 0 Å². The normalized spacial score (nSPS) is 11.4. The average molecular weight is 337 g/mol. The highest BCUT2D eigenvalue weighted by molar-refractivity contribution is 5.86. The number of hydrogen-bond donors (Lipinski definition) is 1. The minimum Gasteiger partial charge on any atom is -0.507 e. The van der Waals surface area contributed by atoms with E-state index in [4.69, 9.17) is 4.42 Å². The SMILES string of the molecule is CCN(CC)Cc1c(O)ccc2c(=O)c(-c3ccccc3)c(C)oc12. The minimum atomic E-state index is -0.0641. The molecule has 130 valence electrons. The number of aryl methyl sites for hydroxylation is 1. The van der Waals surface area contributed by atoms with E-state index in [-0.39, 0.29) is 11.2 Å². The summed E-state index contributed by atoms with van der Waals surface area (Å²) < 4.78 is 6.04. The Hall–Kier alpha value is -2.59. The Morgan fingerprint density at radius 1 is 1.04 bits per heavy atom. The van der Waals surface area contributed by atoms with E-state index in [1.165, 1.54) is 0 Å². The number of nitrogens with zero attached hydrogens (tertiary/aromatic N) is 1. The van der Waals surface area contributed by atoms with Gasteiger partial charge in [-0.15, -0.1) is 0 Å². The highest BCUT2D eigenvalue weighted by atomic mass is 16.3. The summed E-state index contributed by atoms with van der Waals surface area (Å²) in [5, 5.41) is 10.8. The van der Waals surface area contributed by atoms with Gasteiger partial charge in [0.25, 0.3) is 0 Å². The molecular formula is C21H23NO3. The molecule has 0 fully saturated rings. The van der Waals surface area contributed by atoms with Gasteiger partial charge in [0.05, 0.1) is 16.5 Å². The third-order valence-electron chi connectivity index (χ3n) is 4.65. The number of phenols is 1. The summed E-state index contributed by atoms with van der Waals surface area (Å²) in [4.78, 5) is 15.3. The van der Waals surface area contributed by atoms with E-state index in [1.807, 2.05) is 30.3 Å². The Kier molecular flexibility index (Phi) is 4.91. The first-order valence-corrected chi connectivity index (χ1v) is 8.62. The van der Waals surface area contributed by atoms with Gasteiger partial charge in [0.15, 0.2) is 0 Å². The first kappa shape index (κ1) is 17.2. The van der Waals surface area contributed by atoms with Crippen molar-refractivity contribution in [3.63, 3.8) is 0 Å². The molecular weight excluding hydrogens is 314 g/mol. The highest BCUT2D eigenvalue weighted by Crippen LogP contribution is 2.31. The van der Waals surface area contributed by atoms with Crippen molar-refractivity contribution in [1.29, 1.82) is 0 Å². The standard InChI is InChI=1S/C21H23NO3/c1-4-22(5-2)13-17-18(23)12-11-16-20(24)19(14(3)25-21(16)17)15-9-7-6-8-10-15/h6-12,23H,4-5,13H2,1-3H3. The number of aromatic hydroxyl groups is 1. The summed E-state index contributed by atoms with van der Waals surface area (Å²) in [5.41, 5.74) is 2.50. The van der Waals surface area contributed by atoms with Crippen LogP contribution in [0.4, 0.5) is 0 Å². The fourth-order valence-corrected chi connectivity index (χ4v) is 3.17. The second-order valence-corrected chi connectivity index (χ2v) is 6.13. The molecule has 4 nitrogen and oxygen atoms in total. The van der Waals surface area contributed by atoms with Gasteiger partial charge >= 0.3 is 0 Å². The van der Waals surface area contributed by atoms with Crippen molar-refractivity contribution < 1.29 is 9.52 Å². The molecule has 3 rings (SSSR count). The quantitative estimate of drug-likeness (QED) is 0.753. The maximum atomic E-state index is 13.1. The minimum absolute atomic E-state index is 0.0641. The molecule has 0 aliphatic rings. The summed E-state index contributed by atoms with van der Waals surface area (Å²) >= 11 is 0. The van der Waals surface area contributed by atoms with Gasteiger partial charge in [-0.3, -0.25) is 9.69 Å². The van der Waals surface area contributed by atoms with Gasteiger partial charge in [0, 0.05) is 6.54 Å². The summed E-state index contributed by atoms with van der Waals surface area (Å²) in [6, 6.07) is 12.8. The van der Waals surface area contributed by atoms with Crippen LogP contribution < -0.4 is 5.43 Å². The van der Waals surface area contributed by atoms with E-state index >= 15 is 0 Å². The van der Waals surface area contributed by atoms with Crippen LogP contribution in [0.15, 0.2) is 51.7 Å². The van der Waals surface area contributed by atoms with Gasteiger partial charge < -0.3 is 9.52 Å². The highest BCUT2D eigenvalue weighted by Gasteiger charge is 2.18. The number of fused-ring (bicyclic) bond motifs is 1. The van der Waals surface area contributed by atoms with Crippen molar-refractivity contribution in [1.82, 2.24) is 4.90 Å². The zero-order valence-corrected chi connectivity index (χ0v) is 14.9. The van der Waals surface area contributed by atoms with Crippen LogP contribution in [0.1, 0.15) is 25.2 Å². The smallest absolute Gasteiger partial charge is 0.200 e. The molecule has 2 aromatic carbocycles. The first-order chi connectivity index (χ1) is 12.1. The second kappa shape index (κ2) is 7.11. The first-order valence-electron chi connectivity index (χ1n) is 8.62. The number of hydrogen-bond acceptors (Lipinski definition) is 4. The van der Waals surface area contributed by atoms with Crippen molar-refractivity contribution in [2.24, 2.45) is 0 Å². The monoisotopic (exact) mass is 337 g/mol. The Morgan fingerprint density at radius 2 is 1.72 bits per heavy atom. The van der Waals surface area contributed by atoms with E-state index < -0.39 is 0 Å². The average Bonchev–Trinajstić information content (AvgIpc) is 2.62. The van der Waals surface area contributed by atoms with Gasteiger partial charge in [0.2, 0.25) is 5.43 Å². The van der Waals surface area contributed by atoms with Crippen LogP contribution in [0.3, 0.4) is 0 Å². The van der Waals surface area contributed by atoms with Crippen molar-refractivity contribution in [3.05, 3.63) is 64.0 Å². The largest absolute Gasteiger partial charge is 0.507 e. The topological polar surface area (TPSA) is 53.7 Å². The van der Waals surface area contributed by atoms with E-state index in [9.17, 15) is 9.90 Å². The maximum Gasteiger partial charge on any atom is 0.200 e. The zero-order chi connectivity index (χ0) is 18.0. The lowest BCUT2D eigenvalue weighted by molar-refractivity contribution is 0.290. The van der Waals surface area contributed by atoms with E-state index in [0.29, 0.717) is 34.4 Å². The second-order valence-electron chi connectivity index (χ2n) is 6.13. The van der Waals surface area contributed by atoms with Gasteiger partial charge in [0.1, 0.15) is 17.1 Å². The molecule has 1 aromatic heterocycles. The molecule has 0 spiro atoms. The number of phenolic OH excluding ortho intramolecular Hbond substituents is 1. The lowest BCUT2D eigenvalue weighted by atomic mass is 10.0. The summed E-state index contributed by atoms with van der Waals surface area (Å²) in [6.45, 7) is 8.20. The molecule has 0 saturated carbocycles. The van der Waals surface area contributed by atoms with Crippen molar-refractivity contribution in [2.75, 3.05) is 13.1 Å². The molecule has 4 heteroatoms. The Labute approximate surface area is 147 Å². The molecule has 0 radical (unpaired) electrons. The molecule has 1 heterocycles. The zero-order valence-electron chi connectivity index (χ0n) is 14.9. The predicted octanol–water partition coefficient (Wildman–Crippen LogP) is 4.32. The summed E-state index contributed by atoms with van der Waals surface area (Å²) in [6.07, 6.45) is 0. The number of rotatable bonds is 5. The van der Waals surface area contributed by atoms with Gasteiger partial charge in [-0.2, -0.15) is 0 Å². The van der Waals surface area contributed by atoms with Crippen LogP contribution in [-0.4, -0.2) is 23.1 Å². The van der Waals surface area contributed by atoms with E-state index in [1.54, 1.807) is 19.1 Å². The molecule has 0 bridgehead atoms. The van der Waals surface area contributed by atoms with Crippen LogP contribution in [0.5, 0.6) is 5.75 Å². The van der Waals surface area contributed by atoms with Crippen LogP contribution in [0.25, 0.3) is 22.1 Å². The molecule has 0 aliphatic heterocycles. The molecule has 0 amide bonds. The van der Waals surface area contributed by atoms with Crippen molar-refractivity contribution in [2.45, 2.75) is 27.3 Å². The van der Waals surface area contributed by atoms with Crippen molar-refractivity contribution in [3.8, 4) is 16.9 Å². The Bertz CT molecular complexity index is 941. The Balaban J connectivity index is 2.25. The molecule has 0 unspecified atom stereocenters. The van der Waals surface area contributed by atoms with Crippen LogP contribution in [0, 0.1) is 6.92 Å². The number of benzene rings is 2. The summed E-state index contributed by atoms with van der Waals surface area (Å²) in [7, 11) is 0. The summed E-state index contributed by atoms with van der Waals surface area (Å²) in [5.74, 6) is 0.726. The molecule has 0 aliphatic carbocycles. The third-order valence-corrected chi connectivity index (χ3v) is 4.65. The third kappa shape index (κ3) is 3.17. The molecule has 1 N–H and O–H groups in total. The molecule has 0 atom stereocenters. The molecule has 25 heavy (non-hydrogen) atoms. The maximum absolute atomic E-state index is 13.1. The van der Waals surface area contributed by atoms with Crippen LogP contribution in [-0.2, 0) is 6.54 Å². The fraction of sp³-hybridized carbons (Fsp3) is 0.286. The fourth-order valence-electron chi connectivity index (χ4n) is 3.17. The van der Waals surface area contributed by atoms with Crippen LogP contribution in [0.2, 0.25) is 0 Å². The van der Waals surface area contributed by atoms with Gasteiger partial charge in [-0.1, -0.05) is 44.2 Å². The predicted molar refractivity (Wildman–Crippen MR) is 101 cm³/mol. The van der Waals surface area contributed by atoms with Crippen molar-refractivity contribution >= 4 is 11.0 Å². The Morgan fingerprint density at radius 3 is 2.36 bits per heavy atom. The van der Waals surface area contributed by atoms with Gasteiger partial charge in [-0.25, -0.2) is 0 Å². The lowest BCUT2D eigenvalue weighted by Gasteiger charge is -2.19. The molecule has 3 aromatic rings. The van der Waals surface area contributed by atoms with E-state index in [2.05, 4.69) is 18.7 Å². The van der Waals surface area contributed by atoms with Gasteiger partial charge in [-0.05, 0) is 37.7 Å². The molecule has 0 saturated heterocycles.